The largest absolute Gasteiger partial charge is 0.508 e. The molecule has 5 aliphatic rings. The van der Waals surface area contributed by atoms with Gasteiger partial charge in [-0.1, -0.05) is 79.9 Å². The number of hydrogen-bond acceptors (Lipinski definition) is 9. The Balaban J connectivity index is 1.18. The molecule has 7 N–H and O–H groups in total. The van der Waals surface area contributed by atoms with Gasteiger partial charge in [-0.15, -0.1) is 0 Å². The number of phenols is 4. The highest BCUT2D eigenvalue weighted by atomic mass is 16.5. The zero-order valence-corrected chi connectivity index (χ0v) is 32.5. The number of nitrogens with two attached hydrogens (primary N) is 1. The van der Waals surface area contributed by atoms with Gasteiger partial charge in [0.1, 0.15) is 24.9 Å². The van der Waals surface area contributed by atoms with E-state index < -0.39 is 12.0 Å². The smallest absolute Gasteiger partial charge is 0.200 e. The molecule has 0 aliphatic heterocycles. The van der Waals surface area contributed by atoms with E-state index in [4.69, 9.17) is 15.2 Å². The van der Waals surface area contributed by atoms with Crippen LogP contribution in [-0.4, -0.2) is 44.2 Å². The molecule has 4 aromatic carbocycles. The number of ketones is 1. The fraction of sp³-hybridized carbons (Fsp3) is 0.438. The fourth-order valence-corrected chi connectivity index (χ4v) is 11.4. The first-order valence-corrected chi connectivity index (χ1v) is 20.7. The molecular weight excluding hydrogens is 719 g/mol. The van der Waals surface area contributed by atoms with Gasteiger partial charge in [-0.25, -0.2) is 0 Å². The van der Waals surface area contributed by atoms with Crippen LogP contribution in [0.25, 0.3) is 0 Å². The third kappa shape index (κ3) is 7.60. The van der Waals surface area contributed by atoms with Gasteiger partial charge < -0.3 is 35.0 Å². The van der Waals surface area contributed by atoms with Crippen molar-refractivity contribution >= 4 is 5.78 Å². The molecule has 0 saturated heterocycles. The van der Waals surface area contributed by atoms with Gasteiger partial charge in [0.15, 0.2) is 23.0 Å². The van der Waals surface area contributed by atoms with E-state index in [1.807, 2.05) is 6.07 Å². The summed E-state index contributed by atoms with van der Waals surface area (Å²) in [6.07, 6.45) is 13.9. The summed E-state index contributed by atoms with van der Waals surface area (Å²) in [5.74, 6) is -0.987. The summed E-state index contributed by atoms with van der Waals surface area (Å²) in [5.41, 5.74) is 10.1. The molecule has 300 valence electrons. The van der Waals surface area contributed by atoms with Crippen LogP contribution in [0.4, 0.5) is 0 Å². The van der Waals surface area contributed by atoms with Gasteiger partial charge in [-0.05, 0) is 120 Å². The lowest BCUT2D eigenvalue weighted by Crippen LogP contribution is -2.49. The number of aromatic hydroxyl groups is 4. The van der Waals surface area contributed by atoms with Crippen LogP contribution in [0.3, 0.4) is 0 Å². The third-order valence-electron chi connectivity index (χ3n) is 13.8. The minimum absolute atomic E-state index is 0.0202. The standard InChI is InChI=1S/C48H55NO8/c49-29-57-42-23-30(13-17-39(42)52)12-15-35(51)25-40(53)36-16-14-32-24-38(48(33-9-2-1-3-10-33)21-7-20-47(28-48)18-4-5-19-47)44(36)37-26-41(54)45(55)46(43(32)37)56-27-31-8-6-11-34(50)22-31/h1-3,6,8-11,13-14,16-17,22-23,26,32,36,38,40,44,50,52-55H,4-5,7,12,15,18-21,24-25,27-29,49H2. The second kappa shape index (κ2) is 16.1. The van der Waals surface area contributed by atoms with Gasteiger partial charge in [-0.3, -0.25) is 10.5 Å². The van der Waals surface area contributed by atoms with Crippen molar-refractivity contribution in [2.45, 2.75) is 107 Å². The molecule has 2 saturated carbocycles. The highest BCUT2D eigenvalue weighted by Gasteiger charge is 2.57. The summed E-state index contributed by atoms with van der Waals surface area (Å²) in [6.45, 7) is -0.0153. The lowest BCUT2D eigenvalue weighted by Gasteiger charge is -2.56. The van der Waals surface area contributed by atoms with Gasteiger partial charge in [0.05, 0.1) is 6.10 Å². The minimum Gasteiger partial charge on any atom is -0.508 e. The molecule has 0 aromatic heterocycles. The Morgan fingerprint density at radius 2 is 1.61 bits per heavy atom. The predicted molar refractivity (Wildman–Crippen MR) is 218 cm³/mol. The topological polar surface area (TPSA) is 163 Å². The number of benzene rings is 4. The van der Waals surface area contributed by atoms with Gasteiger partial charge >= 0.3 is 0 Å². The van der Waals surface area contributed by atoms with E-state index in [2.05, 4.69) is 42.5 Å². The Hall–Kier alpha value is -4.99. The molecule has 0 heterocycles. The first kappa shape index (κ1) is 38.9. The molecule has 9 nitrogen and oxygen atoms in total. The summed E-state index contributed by atoms with van der Waals surface area (Å²) in [5, 5.41) is 55.4. The van der Waals surface area contributed by atoms with E-state index >= 15 is 0 Å². The quantitative estimate of drug-likeness (QED) is 0.0443. The van der Waals surface area contributed by atoms with Crippen LogP contribution in [0.2, 0.25) is 0 Å². The van der Waals surface area contributed by atoms with Crippen LogP contribution < -0.4 is 15.2 Å². The number of aliphatic hydroxyl groups is 1. The summed E-state index contributed by atoms with van der Waals surface area (Å²) < 4.78 is 11.7. The van der Waals surface area contributed by atoms with Gasteiger partial charge in [0, 0.05) is 30.2 Å². The van der Waals surface area contributed by atoms with Crippen molar-refractivity contribution in [2.24, 2.45) is 23.0 Å². The lowest BCUT2D eigenvalue weighted by molar-refractivity contribution is -0.121. The number of allylic oxidation sites excluding steroid dienone is 1. The second-order valence-corrected chi connectivity index (χ2v) is 17.2. The van der Waals surface area contributed by atoms with Gasteiger partial charge in [0.2, 0.25) is 5.75 Å². The Labute approximate surface area is 334 Å². The zero-order valence-electron chi connectivity index (χ0n) is 32.5. The SMILES string of the molecule is NCOc1cc(CCC(=O)CC(O)C2C=CC3CC(C4(c5ccccc5)CCCC5(CCCC5)C4)C2c2cc(O)c(O)c(OCc4cccc(O)c4)c23)ccc1O. The van der Waals surface area contributed by atoms with Crippen molar-refractivity contribution in [3.8, 4) is 34.5 Å². The van der Waals surface area contributed by atoms with Crippen LogP contribution >= 0.6 is 0 Å². The third-order valence-corrected chi connectivity index (χ3v) is 13.8. The Morgan fingerprint density at radius 1 is 0.825 bits per heavy atom. The first-order valence-electron chi connectivity index (χ1n) is 20.7. The molecule has 4 aromatic rings. The van der Waals surface area contributed by atoms with Crippen molar-refractivity contribution in [1.82, 2.24) is 0 Å². The van der Waals surface area contributed by atoms with E-state index in [0.29, 0.717) is 12.0 Å². The number of carbonyl (C=O) groups is 1. The van der Waals surface area contributed by atoms with Crippen molar-refractivity contribution in [3.05, 3.63) is 119 Å². The molecule has 6 atom stereocenters. The fourth-order valence-electron chi connectivity index (χ4n) is 11.4. The number of rotatable bonds is 13. The van der Waals surface area contributed by atoms with Crippen LogP contribution in [0.1, 0.15) is 110 Å². The normalized spacial score (nSPS) is 25.2. The second-order valence-electron chi connectivity index (χ2n) is 17.2. The molecule has 1 spiro atoms. The maximum absolute atomic E-state index is 13.7. The minimum atomic E-state index is -1.01. The van der Waals surface area contributed by atoms with E-state index in [1.54, 1.807) is 36.4 Å². The van der Waals surface area contributed by atoms with Crippen molar-refractivity contribution in [1.29, 1.82) is 0 Å². The van der Waals surface area contributed by atoms with E-state index in [0.717, 1.165) is 42.4 Å². The lowest BCUT2D eigenvalue weighted by atomic mass is 9.48. The molecule has 9 heteroatoms. The number of fused-ring (bicyclic) bond motifs is 2. The molecule has 6 unspecified atom stereocenters. The van der Waals surface area contributed by atoms with E-state index in [-0.39, 0.29) is 95.0 Å². The molecule has 0 radical (unpaired) electrons. The van der Waals surface area contributed by atoms with Crippen molar-refractivity contribution in [2.75, 3.05) is 6.73 Å². The number of carbonyl (C=O) groups excluding carboxylic acids is 1. The average molecular weight is 774 g/mol. The highest BCUT2D eigenvalue weighted by molar-refractivity contribution is 5.79. The molecule has 57 heavy (non-hydrogen) atoms. The predicted octanol–water partition coefficient (Wildman–Crippen LogP) is 8.78. The number of hydrogen-bond donors (Lipinski definition) is 6. The number of phenolic OH excluding ortho intramolecular Hbond substituents is 4. The van der Waals surface area contributed by atoms with Crippen molar-refractivity contribution in [3.63, 3.8) is 0 Å². The molecular formula is C48H55NO8. The van der Waals surface area contributed by atoms with Gasteiger partial charge in [-0.2, -0.15) is 0 Å². The molecule has 2 fully saturated rings. The maximum atomic E-state index is 13.7. The van der Waals surface area contributed by atoms with Crippen LogP contribution in [0.5, 0.6) is 34.5 Å². The number of aryl methyl sites for hydroxylation is 1. The van der Waals surface area contributed by atoms with Crippen LogP contribution in [-0.2, 0) is 23.2 Å². The molecule has 5 aliphatic carbocycles. The molecule has 9 rings (SSSR count). The number of ether oxygens (including phenoxy) is 2. The molecule has 2 bridgehead atoms. The number of Topliss-reactive ketones (excluding diaryl/α,β-unsaturated/α-hetero) is 1. The summed E-state index contributed by atoms with van der Waals surface area (Å²) in [6, 6.07) is 24.3. The first-order chi connectivity index (χ1) is 27.6. The zero-order chi connectivity index (χ0) is 39.7. The number of aliphatic hydroxyl groups excluding tert-OH is 1. The summed E-state index contributed by atoms with van der Waals surface area (Å²) >= 11 is 0. The average Bonchev–Trinajstić information content (AvgIpc) is 3.47. The van der Waals surface area contributed by atoms with Crippen LogP contribution in [0.15, 0.2) is 91.0 Å². The Bertz CT molecular complexity index is 2110. The Morgan fingerprint density at radius 3 is 2.39 bits per heavy atom. The summed E-state index contributed by atoms with van der Waals surface area (Å²) in [4.78, 5) is 13.7. The van der Waals surface area contributed by atoms with E-state index in [1.165, 1.54) is 43.7 Å². The van der Waals surface area contributed by atoms with E-state index in [9.17, 15) is 30.3 Å². The molecule has 0 amide bonds. The van der Waals surface area contributed by atoms with Crippen molar-refractivity contribution < 1.29 is 39.8 Å². The maximum Gasteiger partial charge on any atom is 0.200 e. The Kier molecular flexibility index (Phi) is 11.0. The highest BCUT2D eigenvalue weighted by Crippen LogP contribution is 2.66. The van der Waals surface area contributed by atoms with Crippen LogP contribution in [0, 0.1) is 17.3 Å². The monoisotopic (exact) mass is 773 g/mol. The summed E-state index contributed by atoms with van der Waals surface area (Å²) in [7, 11) is 0. The van der Waals surface area contributed by atoms with Gasteiger partial charge in [0.25, 0.3) is 0 Å².